The second kappa shape index (κ2) is 9.10. The summed E-state index contributed by atoms with van der Waals surface area (Å²) in [6.07, 6.45) is 0.494. The number of sulfonamides is 1. The van der Waals surface area contributed by atoms with Crippen molar-refractivity contribution in [2.24, 2.45) is 0 Å². The molecule has 0 atom stereocenters. The van der Waals surface area contributed by atoms with Gasteiger partial charge in [-0.05, 0) is 18.6 Å². The fourth-order valence-corrected chi connectivity index (χ4v) is 3.80. The summed E-state index contributed by atoms with van der Waals surface area (Å²) in [5, 5.41) is 8.54. The molecule has 2 aromatic rings. The van der Waals surface area contributed by atoms with E-state index in [1.807, 2.05) is 12.1 Å². The molecule has 2 N–H and O–H groups in total. The lowest BCUT2D eigenvalue weighted by molar-refractivity contribution is 0.289. The molecule has 11 heteroatoms. The predicted octanol–water partition coefficient (Wildman–Crippen LogP) is 0.953. The van der Waals surface area contributed by atoms with E-state index in [1.165, 1.54) is 34.8 Å². The van der Waals surface area contributed by atoms with Crippen molar-refractivity contribution < 1.29 is 17.9 Å². The molecule has 1 aromatic heterocycles. The summed E-state index contributed by atoms with van der Waals surface area (Å²) in [6.45, 7) is 0.159. The molecule has 0 radical (unpaired) electrons. The van der Waals surface area contributed by atoms with Crippen LogP contribution in [0.5, 0.6) is 11.5 Å². The Kier molecular flexibility index (Phi) is 7.12. The van der Waals surface area contributed by atoms with E-state index in [0.29, 0.717) is 34.7 Å². The standard InChI is InChI=1S/C15H23N5O4S2/c1-19(2)26(21,22)9-5-8-25-15-18-17-14(20(15)16)11-24-13-7-4-6-12(10-13)23-3/h4,6-7,10H,5,8-9,11,16H2,1-3H3. The Bertz CT molecular complexity index is 823. The zero-order chi connectivity index (χ0) is 19.2. The number of ether oxygens (including phenoxy) is 2. The third-order valence-corrected chi connectivity index (χ3v) is 6.43. The van der Waals surface area contributed by atoms with E-state index in [4.69, 9.17) is 15.3 Å². The van der Waals surface area contributed by atoms with Crippen LogP contribution < -0.4 is 15.3 Å². The van der Waals surface area contributed by atoms with Gasteiger partial charge in [0.1, 0.15) is 18.1 Å². The number of methoxy groups -OCH3 is 1. The Labute approximate surface area is 157 Å². The monoisotopic (exact) mass is 401 g/mol. The van der Waals surface area contributed by atoms with Crippen LogP contribution in [-0.2, 0) is 16.6 Å². The molecule has 0 bridgehead atoms. The summed E-state index contributed by atoms with van der Waals surface area (Å²) in [4.78, 5) is 0. The first-order valence-electron chi connectivity index (χ1n) is 7.82. The first kappa shape index (κ1) is 20.3. The SMILES string of the molecule is COc1cccc(OCc2nnc(SCCCS(=O)(=O)N(C)C)n2N)c1. The van der Waals surface area contributed by atoms with Gasteiger partial charge in [0, 0.05) is 25.9 Å². The van der Waals surface area contributed by atoms with Gasteiger partial charge in [-0.3, -0.25) is 0 Å². The van der Waals surface area contributed by atoms with Crippen molar-refractivity contribution >= 4 is 21.8 Å². The van der Waals surface area contributed by atoms with Gasteiger partial charge in [-0.15, -0.1) is 10.2 Å². The van der Waals surface area contributed by atoms with Gasteiger partial charge in [0.25, 0.3) is 0 Å². The van der Waals surface area contributed by atoms with E-state index < -0.39 is 10.0 Å². The van der Waals surface area contributed by atoms with E-state index in [0.717, 1.165) is 0 Å². The van der Waals surface area contributed by atoms with Crippen molar-refractivity contribution in [3.05, 3.63) is 30.1 Å². The highest BCUT2D eigenvalue weighted by Gasteiger charge is 2.14. The van der Waals surface area contributed by atoms with Crippen LogP contribution in [0.2, 0.25) is 0 Å². The topological polar surface area (TPSA) is 113 Å². The molecule has 0 aliphatic carbocycles. The smallest absolute Gasteiger partial charge is 0.213 e. The lowest BCUT2D eigenvalue weighted by Gasteiger charge is -2.10. The number of hydrogen-bond donors (Lipinski definition) is 1. The quantitative estimate of drug-likeness (QED) is 0.356. The average Bonchev–Trinajstić information content (AvgIpc) is 2.97. The maximum absolute atomic E-state index is 11.7. The van der Waals surface area contributed by atoms with Crippen molar-refractivity contribution in [2.75, 3.05) is 38.6 Å². The maximum Gasteiger partial charge on any atom is 0.213 e. The van der Waals surface area contributed by atoms with Crippen LogP contribution in [0.1, 0.15) is 12.2 Å². The summed E-state index contributed by atoms with van der Waals surface area (Å²) in [7, 11) is 1.44. The number of nitrogens with two attached hydrogens (primary N) is 1. The second-order valence-corrected chi connectivity index (χ2v) is 8.90. The fourth-order valence-electron chi connectivity index (χ4n) is 1.93. The van der Waals surface area contributed by atoms with Crippen molar-refractivity contribution in [1.29, 1.82) is 0 Å². The van der Waals surface area contributed by atoms with Gasteiger partial charge in [0.15, 0.2) is 5.82 Å². The summed E-state index contributed by atoms with van der Waals surface area (Å²) in [5.41, 5.74) is 0. The van der Waals surface area contributed by atoms with Gasteiger partial charge in [-0.25, -0.2) is 17.4 Å². The second-order valence-electron chi connectivity index (χ2n) is 5.54. The van der Waals surface area contributed by atoms with E-state index >= 15 is 0 Å². The molecule has 0 unspecified atom stereocenters. The van der Waals surface area contributed by atoms with E-state index in [9.17, 15) is 8.42 Å². The molecule has 9 nitrogen and oxygen atoms in total. The van der Waals surface area contributed by atoms with Crippen molar-refractivity contribution in [3.63, 3.8) is 0 Å². The molecular weight excluding hydrogens is 378 g/mol. The van der Waals surface area contributed by atoms with Gasteiger partial charge < -0.3 is 15.3 Å². The maximum atomic E-state index is 11.7. The summed E-state index contributed by atoms with van der Waals surface area (Å²) >= 11 is 1.35. The molecule has 26 heavy (non-hydrogen) atoms. The minimum absolute atomic E-state index is 0.0809. The number of thioether (sulfide) groups is 1. The number of hydrogen-bond acceptors (Lipinski definition) is 8. The van der Waals surface area contributed by atoms with E-state index in [-0.39, 0.29) is 12.4 Å². The molecule has 0 saturated carbocycles. The lowest BCUT2D eigenvalue weighted by atomic mass is 10.3. The number of aromatic nitrogens is 3. The summed E-state index contributed by atoms with van der Waals surface area (Å²) in [6, 6.07) is 7.21. The highest BCUT2D eigenvalue weighted by Crippen LogP contribution is 2.21. The Hall–Kier alpha value is -1.98. The minimum Gasteiger partial charge on any atom is -0.497 e. The van der Waals surface area contributed by atoms with E-state index in [2.05, 4.69) is 10.2 Å². The van der Waals surface area contributed by atoms with Crippen molar-refractivity contribution in [3.8, 4) is 11.5 Å². The average molecular weight is 402 g/mol. The minimum atomic E-state index is -3.19. The van der Waals surface area contributed by atoms with Gasteiger partial charge in [0.2, 0.25) is 15.2 Å². The molecule has 0 fully saturated rings. The molecule has 0 amide bonds. The first-order chi connectivity index (χ1) is 12.3. The van der Waals surface area contributed by atoms with Gasteiger partial charge in [-0.2, -0.15) is 0 Å². The summed E-state index contributed by atoms with van der Waals surface area (Å²) in [5.74, 6) is 8.43. The number of rotatable bonds is 10. The third-order valence-electron chi connectivity index (χ3n) is 3.48. The number of nitrogens with zero attached hydrogens (tertiary/aromatic N) is 4. The first-order valence-corrected chi connectivity index (χ1v) is 10.4. The highest BCUT2D eigenvalue weighted by molar-refractivity contribution is 7.99. The lowest BCUT2D eigenvalue weighted by Crippen LogP contribution is -2.25. The van der Waals surface area contributed by atoms with Crippen LogP contribution >= 0.6 is 11.8 Å². The van der Waals surface area contributed by atoms with Crippen LogP contribution in [-0.4, -0.2) is 60.3 Å². The van der Waals surface area contributed by atoms with Crippen LogP contribution in [0.25, 0.3) is 0 Å². The van der Waals surface area contributed by atoms with Gasteiger partial charge >= 0.3 is 0 Å². The fraction of sp³-hybridized carbons (Fsp3) is 0.467. The largest absolute Gasteiger partial charge is 0.497 e. The van der Waals surface area contributed by atoms with Crippen LogP contribution in [0.3, 0.4) is 0 Å². The molecular formula is C15H23N5O4S2. The Morgan fingerprint density at radius 1 is 1.27 bits per heavy atom. The Morgan fingerprint density at radius 2 is 2.00 bits per heavy atom. The molecule has 0 spiro atoms. The Morgan fingerprint density at radius 3 is 2.69 bits per heavy atom. The van der Waals surface area contributed by atoms with Gasteiger partial charge in [-0.1, -0.05) is 17.8 Å². The number of benzene rings is 1. The molecule has 2 rings (SSSR count). The van der Waals surface area contributed by atoms with Crippen molar-refractivity contribution in [2.45, 2.75) is 18.2 Å². The van der Waals surface area contributed by atoms with Crippen LogP contribution in [0.4, 0.5) is 0 Å². The van der Waals surface area contributed by atoms with E-state index in [1.54, 1.807) is 19.2 Å². The molecule has 144 valence electrons. The van der Waals surface area contributed by atoms with Gasteiger partial charge in [0.05, 0.1) is 12.9 Å². The van der Waals surface area contributed by atoms with Crippen LogP contribution in [0.15, 0.2) is 29.4 Å². The molecule has 0 aliphatic heterocycles. The Balaban J connectivity index is 1.85. The number of nitrogen functional groups attached to an aromatic ring is 1. The van der Waals surface area contributed by atoms with Crippen molar-refractivity contribution in [1.82, 2.24) is 19.2 Å². The molecule has 1 aromatic carbocycles. The third kappa shape index (κ3) is 5.51. The van der Waals surface area contributed by atoms with Crippen LogP contribution in [0, 0.1) is 0 Å². The molecule has 1 heterocycles. The highest BCUT2D eigenvalue weighted by atomic mass is 32.2. The molecule has 0 saturated heterocycles. The zero-order valence-corrected chi connectivity index (χ0v) is 16.6. The zero-order valence-electron chi connectivity index (χ0n) is 15.0. The summed E-state index contributed by atoms with van der Waals surface area (Å²) < 4.78 is 36.8. The predicted molar refractivity (Wildman–Crippen MR) is 100 cm³/mol. The molecule has 0 aliphatic rings. The normalized spacial score (nSPS) is 11.7.